The highest BCUT2D eigenvalue weighted by Crippen LogP contribution is 2.37. The Balaban J connectivity index is 1.18. The minimum atomic E-state index is -0.526. The van der Waals surface area contributed by atoms with Crippen LogP contribution in [0.25, 0.3) is 10.8 Å². The van der Waals surface area contributed by atoms with Crippen molar-refractivity contribution in [1.29, 1.82) is 0 Å². The number of fused-ring (bicyclic) bond motifs is 2. The highest BCUT2D eigenvalue weighted by molar-refractivity contribution is 5.99. The van der Waals surface area contributed by atoms with Gasteiger partial charge in [0.05, 0.1) is 11.5 Å². The lowest BCUT2D eigenvalue weighted by Gasteiger charge is -2.44. The largest absolute Gasteiger partial charge is 0.355 e. The van der Waals surface area contributed by atoms with Crippen LogP contribution >= 0.6 is 0 Å². The number of halogens is 1. The summed E-state index contributed by atoms with van der Waals surface area (Å²) in [6, 6.07) is 10.8. The van der Waals surface area contributed by atoms with E-state index in [0.29, 0.717) is 43.3 Å². The molecule has 3 aliphatic rings. The summed E-state index contributed by atoms with van der Waals surface area (Å²) < 4.78 is 15.1. The normalized spacial score (nSPS) is 28.2. The lowest BCUT2D eigenvalue weighted by Crippen LogP contribution is -2.53. The van der Waals surface area contributed by atoms with Gasteiger partial charge in [-0.3, -0.25) is 14.4 Å². The molecule has 3 amide bonds. The molecule has 2 saturated heterocycles. The van der Waals surface area contributed by atoms with Crippen LogP contribution in [-0.2, 0) is 9.59 Å². The SMILES string of the molecule is CC1(C)CC(C(=O)NC2CCC3CN(C(=O)c4ccc5ccccc5c4F)CCC3C2)CNC1=O. The highest BCUT2D eigenvalue weighted by Gasteiger charge is 2.41. The third-order valence-corrected chi connectivity index (χ3v) is 8.34. The smallest absolute Gasteiger partial charge is 0.256 e. The predicted molar refractivity (Wildman–Crippen MR) is 132 cm³/mol. The van der Waals surface area contributed by atoms with Gasteiger partial charge in [-0.1, -0.05) is 44.2 Å². The second-order valence-electron chi connectivity index (χ2n) is 11.2. The first-order valence-corrected chi connectivity index (χ1v) is 12.8. The van der Waals surface area contributed by atoms with Crippen molar-refractivity contribution < 1.29 is 18.8 Å². The summed E-state index contributed by atoms with van der Waals surface area (Å²) in [4.78, 5) is 39.9. The number of rotatable bonds is 3. The van der Waals surface area contributed by atoms with Gasteiger partial charge >= 0.3 is 0 Å². The number of likely N-dealkylation sites (tertiary alicyclic amines) is 1. The van der Waals surface area contributed by atoms with Crippen molar-refractivity contribution in [2.45, 2.75) is 52.0 Å². The molecule has 0 bridgehead atoms. The zero-order chi connectivity index (χ0) is 24.7. The Kier molecular flexibility index (Phi) is 6.28. The molecule has 2 aromatic rings. The first-order chi connectivity index (χ1) is 16.7. The molecule has 2 aromatic carbocycles. The Morgan fingerprint density at radius 3 is 2.69 bits per heavy atom. The Labute approximate surface area is 205 Å². The molecular formula is C28H34FN3O3. The summed E-state index contributed by atoms with van der Waals surface area (Å²) in [5, 5.41) is 7.37. The quantitative estimate of drug-likeness (QED) is 0.701. The third-order valence-electron chi connectivity index (χ3n) is 8.34. The van der Waals surface area contributed by atoms with Gasteiger partial charge in [0, 0.05) is 36.5 Å². The molecule has 6 nitrogen and oxygen atoms in total. The molecule has 0 spiro atoms. The Morgan fingerprint density at radius 2 is 1.89 bits per heavy atom. The second-order valence-corrected chi connectivity index (χ2v) is 11.2. The maximum absolute atomic E-state index is 15.1. The average molecular weight is 480 g/mol. The van der Waals surface area contributed by atoms with E-state index < -0.39 is 11.2 Å². The summed E-state index contributed by atoms with van der Waals surface area (Å²) in [6.07, 6.45) is 4.15. The summed E-state index contributed by atoms with van der Waals surface area (Å²) in [7, 11) is 0. The van der Waals surface area contributed by atoms with Crippen molar-refractivity contribution in [2.75, 3.05) is 19.6 Å². The number of hydrogen-bond acceptors (Lipinski definition) is 3. The fourth-order valence-electron chi connectivity index (χ4n) is 6.24. The zero-order valence-electron chi connectivity index (χ0n) is 20.5. The van der Waals surface area contributed by atoms with Gasteiger partial charge in [0.1, 0.15) is 5.82 Å². The van der Waals surface area contributed by atoms with E-state index in [-0.39, 0.29) is 35.2 Å². The number of amides is 3. The number of nitrogens with one attached hydrogen (secondary N) is 2. The fraction of sp³-hybridized carbons (Fsp3) is 0.536. The maximum Gasteiger partial charge on any atom is 0.256 e. The molecule has 2 heterocycles. The lowest BCUT2D eigenvalue weighted by molar-refractivity contribution is -0.137. The van der Waals surface area contributed by atoms with Gasteiger partial charge in [-0.25, -0.2) is 4.39 Å². The number of nitrogens with zero attached hydrogens (tertiary/aromatic N) is 1. The minimum Gasteiger partial charge on any atom is -0.355 e. The van der Waals surface area contributed by atoms with E-state index >= 15 is 4.39 Å². The monoisotopic (exact) mass is 479 g/mol. The molecule has 4 unspecified atom stereocenters. The van der Waals surface area contributed by atoms with Crippen molar-refractivity contribution in [3.63, 3.8) is 0 Å². The Hall–Kier alpha value is -2.96. The van der Waals surface area contributed by atoms with Crippen LogP contribution in [-0.4, -0.2) is 48.3 Å². The number of hydrogen-bond donors (Lipinski definition) is 2. The van der Waals surface area contributed by atoms with E-state index in [1.807, 2.05) is 32.0 Å². The van der Waals surface area contributed by atoms with Crippen LogP contribution in [0.4, 0.5) is 4.39 Å². The van der Waals surface area contributed by atoms with Crippen LogP contribution in [0.3, 0.4) is 0 Å². The van der Waals surface area contributed by atoms with Gasteiger partial charge in [-0.2, -0.15) is 0 Å². The molecule has 0 radical (unpaired) electrons. The van der Waals surface area contributed by atoms with Gasteiger partial charge in [0.15, 0.2) is 0 Å². The van der Waals surface area contributed by atoms with E-state index in [1.165, 1.54) is 0 Å². The summed E-state index contributed by atoms with van der Waals surface area (Å²) in [6.45, 7) is 5.40. The van der Waals surface area contributed by atoms with Crippen molar-refractivity contribution >= 4 is 28.5 Å². The molecule has 35 heavy (non-hydrogen) atoms. The lowest BCUT2D eigenvalue weighted by atomic mass is 9.72. The van der Waals surface area contributed by atoms with Gasteiger partial charge in [-0.05, 0) is 55.4 Å². The molecule has 1 saturated carbocycles. The number of carbonyl (C=O) groups is 3. The van der Waals surface area contributed by atoms with Crippen molar-refractivity contribution in [2.24, 2.45) is 23.2 Å². The topological polar surface area (TPSA) is 78.5 Å². The molecule has 7 heteroatoms. The fourth-order valence-corrected chi connectivity index (χ4v) is 6.24. The van der Waals surface area contributed by atoms with Gasteiger partial charge in [0.2, 0.25) is 11.8 Å². The average Bonchev–Trinajstić information content (AvgIpc) is 2.85. The molecular weight excluding hydrogens is 445 g/mol. The van der Waals surface area contributed by atoms with Gasteiger partial charge in [-0.15, -0.1) is 0 Å². The number of carbonyl (C=O) groups excluding carboxylic acids is 3. The standard InChI is InChI=1S/C28H34FN3O3/c1-28(2)14-20(15-30-27(28)35)25(33)31-21-9-7-19-16-32(12-11-18(19)13-21)26(34)23-10-8-17-5-3-4-6-22(17)24(23)29/h3-6,8,10,18-21H,7,9,11-16H2,1-2H3,(H,30,35)(H,31,33). The number of piperidine rings is 2. The van der Waals surface area contributed by atoms with Crippen molar-refractivity contribution in [1.82, 2.24) is 15.5 Å². The molecule has 4 atom stereocenters. The van der Waals surface area contributed by atoms with Crippen molar-refractivity contribution in [3.05, 3.63) is 47.8 Å². The van der Waals surface area contributed by atoms with Crippen molar-refractivity contribution in [3.8, 4) is 0 Å². The number of benzene rings is 2. The van der Waals surface area contributed by atoms with E-state index in [1.54, 1.807) is 23.1 Å². The molecule has 3 fully saturated rings. The van der Waals surface area contributed by atoms with E-state index in [4.69, 9.17) is 0 Å². The molecule has 186 valence electrons. The second kappa shape index (κ2) is 9.25. The molecule has 2 N–H and O–H groups in total. The summed E-state index contributed by atoms with van der Waals surface area (Å²) >= 11 is 0. The van der Waals surface area contributed by atoms with Crippen LogP contribution in [0.2, 0.25) is 0 Å². The summed E-state index contributed by atoms with van der Waals surface area (Å²) in [5.74, 6) is -0.0169. The van der Waals surface area contributed by atoms with E-state index in [0.717, 1.165) is 31.1 Å². The van der Waals surface area contributed by atoms with Crippen LogP contribution < -0.4 is 10.6 Å². The van der Waals surface area contributed by atoms with Crippen LogP contribution in [0.1, 0.15) is 56.3 Å². The highest BCUT2D eigenvalue weighted by atomic mass is 19.1. The van der Waals surface area contributed by atoms with Crippen LogP contribution in [0, 0.1) is 29.0 Å². The van der Waals surface area contributed by atoms with Crippen LogP contribution in [0.15, 0.2) is 36.4 Å². The van der Waals surface area contributed by atoms with Gasteiger partial charge in [0.25, 0.3) is 5.91 Å². The van der Waals surface area contributed by atoms with Crippen LogP contribution in [0.5, 0.6) is 0 Å². The summed E-state index contributed by atoms with van der Waals surface area (Å²) in [5.41, 5.74) is -0.382. The molecule has 1 aliphatic carbocycles. The van der Waals surface area contributed by atoms with E-state index in [9.17, 15) is 14.4 Å². The zero-order valence-corrected chi connectivity index (χ0v) is 20.5. The third kappa shape index (κ3) is 4.65. The predicted octanol–water partition coefficient (Wildman–Crippen LogP) is 3.89. The minimum absolute atomic E-state index is 0.00642. The molecule has 5 rings (SSSR count). The molecule has 2 aliphatic heterocycles. The molecule has 0 aromatic heterocycles. The van der Waals surface area contributed by atoms with E-state index in [2.05, 4.69) is 10.6 Å². The Morgan fingerprint density at radius 1 is 1.09 bits per heavy atom. The Bertz CT molecular complexity index is 1160. The van der Waals surface area contributed by atoms with Gasteiger partial charge < -0.3 is 15.5 Å². The maximum atomic E-state index is 15.1. The first-order valence-electron chi connectivity index (χ1n) is 12.8. The first kappa shape index (κ1) is 23.8.